The van der Waals surface area contributed by atoms with Crippen LogP contribution < -0.4 is 0 Å². The zero-order valence-corrected chi connectivity index (χ0v) is 9.00. The fourth-order valence-corrected chi connectivity index (χ4v) is 1.67. The van der Waals surface area contributed by atoms with Gasteiger partial charge < -0.3 is 0 Å². The highest BCUT2D eigenvalue weighted by Crippen LogP contribution is 2.25. The Labute approximate surface area is 89.7 Å². The van der Waals surface area contributed by atoms with Gasteiger partial charge in [0, 0.05) is 10.5 Å². The van der Waals surface area contributed by atoms with Gasteiger partial charge in [-0.1, -0.05) is 0 Å². The number of hydrogen-bond acceptors (Lipinski definition) is 2. The molecule has 0 aliphatic rings. The third kappa shape index (κ3) is 2.75. The Morgan fingerprint density at radius 2 is 1.93 bits per heavy atom. The Bertz CT molecular complexity index is 385. The monoisotopic (exact) mass is 234 g/mol. The molecule has 5 heteroatoms. The van der Waals surface area contributed by atoms with Gasteiger partial charge in [0.05, 0.1) is 0 Å². The largest absolute Gasteiger partial charge is 0.454 e. The number of aryl methyl sites for hydroxylation is 1. The highest BCUT2D eigenvalue weighted by atomic mass is 32.2. The molecule has 0 aliphatic carbocycles. The van der Waals surface area contributed by atoms with Crippen molar-refractivity contribution in [3.8, 4) is 0 Å². The molecule has 82 valence electrons. The molecule has 0 heterocycles. The Balaban J connectivity index is 3.12. The number of thioether (sulfide) groups is 1. The predicted molar refractivity (Wildman–Crippen MR) is 53.3 cm³/mol. The molecule has 0 aromatic heterocycles. The van der Waals surface area contributed by atoms with E-state index in [1.165, 1.54) is 30.8 Å². The summed E-state index contributed by atoms with van der Waals surface area (Å²) in [6, 6.07) is 4.30. The lowest BCUT2D eigenvalue weighted by molar-refractivity contribution is -0.0885. The lowest BCUT2D eigenvalue weighted by Gasteiger charge is -2.08. The van der Waals surface area contributed by atoms with Gasteiger partial charge in [0.2, 0.25) is 0 Å². The number of ketones is 1. The van der Waals surface area contributed by atoms with Crippen LogP contribution in [0.4, 0.5) is 13.2 Å². The molecule has 0 radical (unpaired) electrons. The summed E-state index contributed by atoms with van der Waals surface area (Å²) in [6.07, 6.45) is -2.98. The van der Waals surface area contributed by atoms with Crippen molar-refractivity contribution in [3.05, 3.63) is 29.3 Å². The zero-order chi connectivity index (χ0) is 11.6. The van der Waals surface area contributed by atoms with Gasteiger partial charge in [-0.3, -0.25) is 4.79 Å². The molecule has 1 nitrogen and oxygen atoms in total. The van der Waals surface area contributed by atoms with Crippen LogP contribution in [0.5, 0.6) is 0 Å². The third-order valence-electron chi connectivity index (χ3n) is 1.94. The number of carbonyl (C=O) groups excluding carboxylic acids is 1. The maximum Gasteiger partial charge on any atom is 0.454 e. The summed E-state index contributed by atoms with van der Waals surface area (Å²) in [5, 5.41) is 0. The molecule has 0 N–H and O–H groups in total. The van der Waals surface area contributed by atoms with Crippen LogP contribution in [0.25, 0.3) is 0 Å². The fraction of sp³-hybridized carbons (Fsp3) is 0.300. The number of alkyl halides is 3. The van der Waals surface area contributed by atoms with Crippen LogP contribution in [0.15, 0.2) is 23.1 Å². The topological polar surface area (TPSA) is 17.1 Å². The minimum atomic E-state index is -4.80. The van der Waals surface area contributed by atoms with Gasteiger partial charge in [0.1, 0.15) is 0 Å². The molecule has 0 saturated heterocycles. The first kappa shape index (κ1) is 12.1. The Kier molecular flexibility index (Phi) is 3.44. The minimum absolute atomic E-state index is 0.277. The molecule has 0 fully saturated rings. The van der Waals surface area contributed by atoms with E-state index in [9.17, 15) is 18.0 Å². The Morgan fingerprint density at radius 3 is 2.33 bits per heavy atom. The Morgan fingerprint density at radius 1 is 1.33 bits per heavy atom. The molecule has 1 aromatic rings. The molecule has 0 atom stereocenters. The lowest BCUT2D eigenvalue weighted by Crippen LogP contribution is -2.23. The first-order valence-electron chi connectivity index (χ1n) is 4.12. The van der Waals surface area contributed by atoms with E-state index in [-0.39, 0.29) is 5.56 Å². The highest BCUT2D eigenvalue weighted by Gasteiger charge is 2.39. The van der Waals surface area contributed by atoms with Crippen LogP contribution in [0.1, 0.15) is 15.9 Å². The van der Waals surface area contributed by atoms with Gasteiger partial charge in [-0.25, -0.2) is 0 Å². The summed E-state index contributed by atoms with van der Waals surface area (Å²) in [6.45, 7) is 1.50. The summed E-state index contributed by atoms with van der Waals surface area (Å²) in [5.74, 6) is -1.78. The molecule has 15 heavy (non-hydrogen) atoms. The van der Waals surface area contributed by atoms with Crippen LogP contribution in [-0.4, -0.2) is 18.2 Å². The quantitative estimate of drug-likeness (QED) is 0.575. The van der Waals surface area contributed by atoms with Crippen molar-refractivity contribution in [2.24, 2.45) is 0 Å². The number of Topliss-reactive ketones (excluding diaryl/α,β-unsaturated/α-hetero) is 1. The van der Waals surface area contributed by atoms with Crippen molar-refractivity contribution in [1.82, 2.24) is 0 Å². The van der Waals surface area contributed by atoms with Crippen molar-refractivity contribution < 1.29 is 18.0 Å². The summed E-state index contributed by atoms with van der Waals surface area (Å²) in [4.78, 5) is 11.8. The van der Waals surface area contributed by atoms with E-state index in [4.69, 9.17) is 0 Å². The summed E-state index contributed by atoms with van der Waals surface area (Å²) < 4.78 is 36.4. The first-order chi connectivity index (χ1) is 6.86. The second-order valence-electron chi connectivity index (χ2n) is 3.01. The van der Waals surface area contributed by atoms with Crippen molar-refractivity contribution >= 4 is 17.5 Å². The average Bonchev–Trinajstić information content (AvgIpc) is 2.15. The predicted octanol–water partition coefficient (Wildman–Crippen LogP) is 3.46. The number of carbonyl (C=O) groups is 1. The lowest BCUT2D eigenvalue weighted by atomic mass is 10.0. The van der Waals surface area contributed by atoms with Crippen LogP contribution in [0.2, 0.25) is 0 Å². The molecular formula is C10H9F3OS. The molecule has 0 bridgehead atoms. The number of halogens is 3. The van der Waals surface area contributed by atoms with Crippen molar-refractivity contribution in [2.75, 3.05) is 6.26 Å². The molecule has 0 unspecified atom stereocenters. The normalized spacial score (nSPS) is 11.5. The van der Waals surface area contributed by atoms with Crippen molar-refractivity contribution in [3.63, 3.8) is 0 Å². The molecular weight excluding hydrogens is 225 g/mol. The van der Waals surface area contributed by atoms with E-state index < -0.39 is 12.0 Å². The molecule has 1 aromatic carbocycles. The van der Waals surface area contributed by atoms with Crippen molar-refractivity contribution in [2.45, 2.75) is 18.0 Å². The number of hydrogen-bond donors (Lipinski definition) is 0. The van der Waals surface area contributed by atoms with Crippen LogP contribution in [-0.2, 0) is 0 Å². The van der Waals surface area contributed by atoms with Crippen LogP contribution >= 0.6 is 11.8 Å². The van der Waals surface area contributed by atoms with Gasteiger partial charge in [-0.2, -0.15) is 13.2 Å². The third-order valence-corrected chi connectivity index (χ3v) is 2.66. The second-order valence-corrected chi connectivity index (χ2v) is 3.89. The molecule has 0 aliphatic heterocycles. The van der Waals surface area contributed by atoms with E-state index in [0.29, 0.717) is 5.56 Å². The van der Waals surface area contributed by atoms with E-state index >= 15 is 0 Å². The van der Waals surface area contributed by atoms with Crippen molar-refractivity contribution in [1.29, 1.82) is 0 Å². The van der Waals surface area contributed by atoms with Gasteiger partial charge in [0.25, 0.3) is 5.78 Å². The molecule has 1 rings (SSSR count). The van der Waals surface area contributed by atoms with Crippen LogP contribution in [0.3, 0.4) is 0 Å². The standard InChI is InChI=1S/C10H9F3OS/c1-6-5-7(15-2)3-4-8(6)9(14)10(11,12)13/h3-5H,1-2H3. The average molecular weight is 234 g/mol. The SMILES string of the molecule is CSc1ccc(C(=O)C(F)(F)F)c(C)c1. The minimum Gasteiger partial charge on any atom is -0.284 e. The van der Waals surface area contributed by atoms with Gasteiger partial charge >= 0.3 is 6.18 Å². The van der Waals surface area contributed by atoms with Gasteiger partial charge in [-0.15, -0.1) is 11.8 Å². The van der Waals surface area contributed by atoms with E-state index in [0.717, 1.165) is 4.90 Å². The second kappa shape index (κ2) is 4.26. The molecule has 0 amide bonds. The maximum atomic E-state index is 12.1. The summed E-state index contributed by atoms with van der Waals surface area (Å²) in [7, 11) is 0. The zero-order valence-electron chi connectivity index (χ0n) is 8.18. The number of rotatable bonds is 2. The van der Waals surface area contributed by atoms with E-state index in [1.54, 1.807) is 6.07 Å². The molecule has 0 saturated carbocycles. The fourth-order valence-electron chi connectivity index (χ4n) is 1.17. The smallest absolute Gasteiger partial charge is 0.284 e. The Hall–Kier alpha value is -0.970. The molecule has 0 spiro atoms. The number of benzene rings is 1. The first-order valence-corrected chi connectivity index (χ1v) is 5.35. The van der Waals surface area contributed by atoms with E-state index in [2.05, 4.69) is 0 Å². The highest BCUT2D eigenvalue weighted by molar-refractivity contribution is 7.98. The summed E-state index contributed by atoms with van der Waals surface area (Å²) >= 11 is 1.42. The van der Waals surface area contributed by atoms with Gasteiger partial charge in [-0.05, 0) is 36.9 Å². The summed E-state index contributed by atoms with van der Waals surface area (Å²) in [5.41, 5.74) is 0.0736. The van der Waals surface area contributed by atoms with E-state index in [1.807, 2.05) is 6.26 Å². The van der Waals surface area contributed by atoms with Crippen LogP contribution in [0, 0.1) is 6.92 Å². The van der Waals surface area contributed by atoms with Gasteiger partial charge in [0.15, 0.2) is 0 Å². The maximum absolute atomic E-state index is 12.1.